The number of aromatic nitrogens is 3. The van der Waals surface area contributed by atoms with E-state index >= 15 is 0 Å². The molecule has 1 aliphatic carbocycles. The van der Waals surface area contributed by atoms with Gasteiger partial charge in [-0.3, -0.25) is 9.20 Å². The van der Waals surface area contributed by atoms with Gasteiger partial charge in [-0.2, -0.15) is 0 Å². The number of likely N-dealkylation sites (tertiary alicyclic amines) is 1. The van der Waals surface area contributed by atoms with Crippen LogP contribution in [0, 0.1) is 11.2 Å². The number of fused-ring (bicyclic) bond motifs is 1. The zero-order valence-corrected chi connectivity index (χ0v) is 20.8. The van der Waals surface area contributed by atoms with Crippen molar-refractivity contribution in [3.63, 3.8) is 0 Å². The van der Waals surface area contributed by atoms with Crippen molar-refractivity contribution in [2.24, 2.45) is 5.41 Å². The van der Waals surface area contributed by atoms with Gasteiger partial charge in [0, 0.05) is 49.1 Å². The van der Waals surface area contributed by atoms with Crippen LogP contribution in [-0.4, -0.2) is 70.3 Å². The highest BCUT2D eigenvalue weighted by molar-refractivity contribution is 6.33. The molecule has 0 N–H and O–H groups in total. The molecular formula is C26H28ClF2N5O2. The van der Waals surface area contributed by atoms with Crippen molar-refractivity contribution in [2.75, 3.05) is 33.5 Å². The molecule has 1 spiro atoms. The minimum absolute atomic E-state index is 0.0582. The predicted octanol–water partition coefficient (Wildman–Crippen LogP) is 4.64. The molecule has 7 nitrogen and oxygen atoms in total. The number of nitrogens with zero attached hydrogens (tertiary/aromatic N) is 5. The molecular weight excluding hydrogens is 488 g/mol. The molecule has 3 aromatic rings. The smallest absolute Gasteiger partial charge is 0.161 e. The fraction of sp³-hybridized carbons (Fsp3) is 0.423. The van der Waals surface area contributed by atoms with Crippen LogP contribution in [0.25, 0.3) is 11.7 Å². The number of pyridine rings is 1. The number of halogens is 3. The molecule has 10 heteroatoms. The van der Waals surface area contributed by atoms with Gasteiger partial charge in [-0.15, -0.1) is 10.2 Å². The molecule has 0 bridgehead atoms. The first-order valence-electron chi connectivity index (χ1n) is 12.0. The lowest BCUT2D eigenvalue weighted by Crippen LogP contribution is -2.64. The largest absolute Gasteiger partial charge is 0.490 e. The van der Waals surface area contributed by atoms with Crippen LogP contribution in [0.5, 0.6) is 5.75 Å². The summed E-state index contributed by atoms with van der Waals surface area (Å²) >= 11 is 6.20. The van der Waals surface area contributed by atoms with Gasteiger partial charge in [0.1, 0.15) is 17.9 Å². The normalized spacial score (nSPS) is 17.4. The third-order valence-electron chi connectivity index (χ3n) is 7.11. The van der Waals surface area contributed by atoms with E-state index in [0.717, 1.165) is 38.9 Å². The first-order valence-corrected chi connectivity index (χ1v) is 12.4. The molecule has 0 atom stereocenters. The van der Waals surface area contributed by atoms with Crippen LogP contribution in [0.1, 0.15) is 40.7 Å². The number of carbonyl (C=O) groups is 1. The molecule has 2 aromatic heterocycles. The van der Waals surface area contributed by atoms with Crippen molar-refractivity contribution < 1.29 is 18.3 Å². The number of aldehydes is 1. The standard InChI is InChI=1S/C26H28ClF2N5O2/c1-32(16-28)8-6-20-21(13-35)22(27)4-5-24(20)36-19-10-26(11-19)14-33(15-26)7-2-3-18-9-25-31-30-17-34(25)12-23(18)29/h4-6,8-9,12-13,17,19H,2-3,7,10-11,14-16H2,1H3/b8-6-. The Morgan fingerprint density at radius 2 is 2.11 bits per heavy atom. The Morgan fingerprint density at radius 1 is 1.31 bits per heavy atom. The summed E-state index contributed by atoms with van der Waals surface area (Å²) in [5, 5.41) is 8.12. The average Bonchev–Trinajstić information content (AvgIpc) is 3.27. The van der Waals surface area contributed by atoms with Crippen molar-refractivity contribution in [1.82, 2.24) is 24.4 Å². The van der Waals surface area contributed by atoms with Gasteiger partial charge < -0.3 is 14.5 Å². The van der Waals surface area contributed by atoms with Gasteiger partial charge in [0.2, 0.25) is 0 Å². The molecule has 1 aromatic carbocycles. The van der Waals surface area contributed by atoms with Gasteiger partial charge >= 0.3 is 0 Å². The van der Waals surface area contributed by atoms with Crippen LogP contribution >= 0.6 is 11.6 Å². The molecule has 0 unspecified atom stereocenters. The van der Waals surface area contributed by atoms with E-state index in [2.05, 4.69) is 15.1 Å². The monoisotopic (exact) mass is 515 g/mol. The van der Waals surface area contributed by atoms with Crippen LogP contribution in [0.15, 0.2) is 36.9 Å². The van der Waals surface area contributed by atoms with Crippen molar-refractivity contribution >= 4 is 29.6 Å². The Morgan fingerprint density at radius 3 is 2.86 bits per heavy atom. The number of hydrogen-bond acceptors (Lipinski definition) is 6. The quantitative estimate of drug-likeness (QED) is 0.289. The topological polar surface area (TPSA) is 63.0 Å². The molecule has 36 heavy (non-hydrogen) atoms. The second kappa shape index (κ2) is 10.1. The van der Waals surface area contributed by atoms with Crippen LogP contribution in [0.2, 0.25) is 5.02 Å². The minimum Gasteiger partial charge on any atom is -0.490 e. The van der Waals surface area contributed by atoms with Crippen molar-refractivity contribution in [3.8, 4) is 5.75 Å². The highest BCUT2D eigenvalue weighted by Crippen LogP contribution is 2.50. The number of carbonyl (C=O) groups excluding carboxylic acids is 1. The van der Waals surface area contributed by atoms with Crippen molar-refractivity contribution in [1.29, 1.82) is 0 Å². The van der Waals surface area contributed by atoms with E-state index in [1.807, 2.05) is 0 Å². The third kappa shape index (κ3) is 4.95. The lowest BCUT2D eigenvalue weighted by Gasteiger charge is -2.58. The molecule has 1 saturated carbocycles. The maximum absolute atomic E-state index is 14.3. The molecule has 1 aliphatic heterocycles. The second-order valence-electron chi connectivity index (χ2n) is 9.89. The summed E-state index contributed by atoms with van der Waals surface area (Å²) in [6.07, 6.45) is 10.3. The maximum atomic E-state index is 14.3. The number of hydrogen-bond donors (Lipinski definition) is 0. The van der Waals surface area contributed by atoms with Gasteiger partial charge in [-0.05, 0) is 62.1 Å². The Kier molecular flexibility index (Phi) is 6.94. The number of alkyl halides is 1. The zero-order valence-electron chi connectivity index (χ0n) is 20.0. The Bertz CT molecular complexity index is 1280. The fourth-order valence-electron chi connectivity index (χ4n) is 5.28. The number of benzene rings is 1. The van der Waals surface area contributed by atoms with Gasteiger partial charge in [0.05, 0.1) is 11.1 Å². The summed E-state index contributed by atoms with van der Waals surface area (Å²) in [6, 6.07) is 5.18. The summed E-state index contributed by atoms with van der Waals surface area (Å²) in [5.41, 5.74) is 2.49. The van der Waals surface area contributed by atoms with E-state index in [-0.39, 0.29) is 17.3 Å². The van der Waals surface area contributed by atoms with Crippen LogP contribution in [-0.2, 0) is 6.42 Å². The van der Waals surface area contributed by atoms with Gasteiger partial charge in [-0.1, -0.05) is 11.6 Å². The predicted molar refractivity (Wildman–Crippen MR) is 133 cm³/mol. The Hall–Kier alpha value is -3.04. The molecule has 3 heterocycles. The summed E-state index contributed by atoms with van der Waals surface area (Å²) in [7, 11) is 1.60. The first-order chi connectivity index (χ1) is 17.4. The van der Waals surface area contributed by atoms with Crippen molar-refractivity contribution in [3.05, 3.63) is 64.5 Å². The number of ether oxygens (including phenoxy) is 1. The fourth-order valence-corrected chi connectivity index (χ4v) is 5.49. The highest BCUT2D eigenvalue weighted by Gasteiger charge is 2.53. The summed E-state index contributed by atoms with van der Waals surface area (Å²) in [6.45, 7) is 2.29. The van der Waals surface area contributed by atoms with E-state index in [4.69, 9.17) is 16.3 Å². The molecule has 5 rings (SSSR count). The zero-order chi connectivity index (χ0) is 25.3. The first kappa shape index (κ1) is 24.6. The van der Waals surface area contributed by atoms with Crippen LogP contribution < -0.4 is 4.74 Å². The lowest BCUT2D eigenvalue weighted by molar-refractivity contribution is -0.119. The molecule has 1 saturated heterocycles. The SMILES string of the molecule is CN(/C=C\c1c(OC2CC3(C2)CN(CCCc2cc4nncn4cc2F)C3)ccc(Cl)c1C=O)CF. The molecule has 2 fully saturated rings. The van der Waals surface area contributed by atoms with E-state index < -0.39 is 6.80 Å². The summed E-state index contributed by atoms with van der Waals surface area (Å²) in [4.78, 5) is 15.4. The second-order valence-corrected chi connectivity index (χ2v) is 10.3. The molecule has 0 radical (unpaired) electrons. The summed E-state index contributed by atoms with van der Waals surface area (Å²) < 4.78 is 34.9. The third-order valence-corrected chi connectivity index (χ3v) is 7.44. The molecule has 2 aliphatic rings. The lowest BCUT2D eigenvalue weighted by atomic mass is 9.61. The van der Waals surface area contributed by atoms with E-state index in [0.29, 0.717) is 45.8 Å². The number of rotatable bonds is 10. The number of aryl methyl sites for hydroxylation is 1. The van der Waals surface area contributed by atoms with Crippen molar-refractivity contribution in [2.45, 2.75) is 31.8 Å². The Labute approximate surface area is 213 Å². The van der Waals surface area contributed by atoms with Gasteiger partial charge in [0.15, 0.2) is 18.7 Å². The Balaban J connectivity index is 1.11. The van der Waals surface area contributed by atoms with Crippen LogP contribution in [0.4, 0.5) is 8.78 Å². The highest BCUT2D eigenvalue weighted by atomic mass is 35.5. The molecule has 190 valence electrons. The van der Waals surface area contributed by atoms with Crippen LogP contribution in [0.3, 0.4) is 0 Å². The average molecular weight is 516 g/mol. The summed E-state index contributed by atoms with van der Waals surface area (Å²) in [5.74, 6) is 0.347. The van der Waals surface area contributed by atoms with E-state index in [9.17, 15) is 13.6 Å². The minimum atomic E-state index is -0.641. The molecule has 0 amide bonds. The van der Waals surface area contributed by atoms with Gasteiger partial charge in [-0.25, -0.2) is 8.78 Å². The maximum Gasteiger partial charge on any atom is 0.161 e. The van der Waals surface area contributed by atoms with E-state index in [1.165, 1.54) is 17.4 Å². The van der Waals surface area contributed by atoms with Gasteiger partial charge in [0.25, 0.3) is 0 Å². The van der Waals surface area contributed by atoms with E-state index in [1.54, 1.807) is 41.9 Å².